The number of benzene rings is 1. The van der Waals surface area contributed by atoms with E-state index < -0.39 is 0 Å². The molecule has 0 saturated carbocycles. The normalized spacial score (nSPS) is 12.6. The first-order chi connectivity index (χ1) is 9.13. The second-order valence-corrected chi connectivity index (χ2v) is 5.40. The monoisotopic (exact) mass is 325 g/mol. The lowest BCUT2D eigenvalue weighted by Gasteiger charge is -2.18. The first-order valence-corrected chi connectivity index (χ1v) is 7.15. The van der Waals surface area contributed by atoms with Gasteiger partial charge < -0.3 is 9.73 Å². The largest absolute Gasteiger partial charge is 0.466 e. The summed E-state index contributed by atoms with van der Waals surface area (Å²) in [5.74, 6) is 0.494. The number of rotatable bonds is 5. The summed E-state index contributed by atoms with van der Waals surface area (Å²) >= 11 is 3.44. The lowest BCUT2D eigenvalue weighted by molar-refractivity contribution is 0.434. The molecule has 0 spiro atoms. The van der Waals surface area contributed by atoms with Crippen molar-refractivity contribution < 1.29 is 8.81 Å². The number of hydrogen-bond donors (Lipinski definition) is 1. The van der Waals surface area contributed by atoms with Gasteiger partial charge in [-0.3, -0.25) is 0 Å². The molecule has 2 rings (SSSR count). The Balaban J connectivity index is 2.40. The molecule has 0 fully saturated rings. The molecule has 0 aliphatic rings. The van der Waals surface area contributed by atoms with Crippen LogP contribution in [-0.2, 0) is 0 Å². The van der Waals surface area contributed by atoms with E-state index in [9.17, 15) is 4.39 Å². The van der Waals surface area contributed by atoms with Crippen LogP contribution in [0.5, 0.6) is 0 Å². The van der Waals surface area contributed by atoms with Crippen molar-refractivity contribution in [3.05, 3.63) is 57.7 Å². The Morgan fingerprint density at radius 3 is 2.74 bits per heavy atom. The predicted molar refractivity (Wildman–Crippen MR) is 77.7 cm³/mol. The quantitative estimate of drug-likeness (QED) is 0.870. The zero-order valence-corrected chi connectivity index (χ0v) is 12.6. The van der Waals surface area contributed by atoms with E-state index in [4.69, 9.17) is 4.42 Å². The Labute approximate surface area is 121 Å². The molecule has 2 nitrogen and oxygen atoms in total. The molecule has 1 unspecified atom stereocenters. The minimum atomic E-state index is -0.273. The highest BCUT2D eigenvalue weighted by Crippen LogP contribution is 2.31. The van der Waals surface area contributed by atoms with Crippen molar-refractivity contribution >= 4 is 15.9 Å². The van der Waals surface area contributed by atoms with E-state index in [2.05, 4.69) is 28.2 Å². The summed E-state index contributed by atoms with van der Waals surface area (Å²) in [7, 11) is 0. The summed E-state index contributed by atoms with van der Waals surface area (Å²) in [6.07, 6.45) is 2.58. The molecule has 0 radical (unpaired) electrons. The summed E-state index contributed by atoms with van der Waals surface area (Å²) in [6, 6.07) is 6.82. The van der Waals surface area contributed by atoms with E-state index >= 15 is 0 Å². The smallest absolute Gasteiger partial charge is 0.139 e. The minimum Gasteiger partial charge on any atom is -0.466 e. The summed E-state index contributed by atoms with van der Waals surface area (Å²) in [6.45, 7) is 4.75. The van der Waals surface area contributed by atoms with Crippen molar-refractivity contribution in [2.24, 2.45) is 0 Å². The van der Waals surface area contributed by atoms with E-state index in [1.807, 2.05) is 25.1 Å². The third-order valence-corrected chi connectivity index (χ3v) is 3.63. The van der Waals surface area contributed by atoms with Crippen LogP contribution in [0.25, 0.3) is 0 Å². The summed E-state index contributed by atoms with van der Waals surface area (Å²) in [5, 5.41) is 3.33. The maximum Gasteiger partial charge on any atom is 0.139 e. The zero-order valence-electron chi connectivity index (χ0n) is 11.0. The van der Waals surface area contributed by atoms with Gasteiger partial charge in [-0.25, -0.2) is 4.39 Å². The van der Waals surface area contributed by atoms with Gasteiger partial charge in [-0.2, -0.15) is 0 Å². The number of nitrogens with one attached hydrogen (secondary N) is 1. The van der Waals surface area contributed by atoms with E-state index in [1.54, 1.807) is 12.3 Å². The van der Waals surface area contributed by atoms with Crippen LogP contribution in [0, 0.1) is 12.7 Å². The van der Waals surface area contributed by atoms with Crippen LogP contribution in [0.15, 0.2) is 39.4 Å². The van der Waals surface area contributed by atoms with E-state index in [1.165, 1.54) is 0 Å². The van der Waals surface area contributed by atoms with Gasteiger partial charge >= 0.3 is 0 Å². The Bertz CT molecular complexity index is 553. The van der Waals surface area contributed by atoms with Crippen molar-refractivity contribution in [2.75, 3.05) is 6.54 Å². The van der Waals surface area contributed by atoms with Crippen molar-refractivity contribution in [1.82, 2.24) is 5.32 Å². The molecule has 1 aromatic heterocycles. The molecule has 0 bridgehead atoms. The first kappa shape index (κ1) is 14.3. The molecule has 1 aromatic carbocycles. The van der Waals surface area contributed by atoms with Gasteiger partial charge in [0.25, 0.3) is 0 Å². The number of hydrogen-bond acceptors (Lipinski definition) is 2. The standard InChI is InChI=1S/C15H17BrFNO/c1-3-7-18-14(15-12(16)6-8-19-15)11-5-4-10(2)9-13(11)17/h4-6,8-9,14,18H,3,7H2,1-2H3. The first-order valence-electron chi connectivity index (χ1n) is 6.35. The van der Waals surface area contributed by atoms with E-state index in [0.29, 0.717) is 11.3 Å². The van der Waals surface area contributed by atoms with Crippen LogP contribution in [0.1, 0.15) is 36.3 Å². The molecule has 1 heterocycles. The SMILES string of the molecule is CCCNC(c1ccc(C)cc1F)c1occc1Br. The number of furan rings is 1. The molecular weight excluding hydrogens is 309 g/mol. The summed E-state index contributed by atoms with van der Waals surface area (Å²) in [5.41, 5.74) is 1.52. The fourth-order valence-electron chi connectivity index (χ4n) is 2.01. The van der Waals surface area contributed by atoms with Gasteiger partial charge in [-0.1, -0.05) is 19.1 Å². The van der Waals surface area contributed by atoms with Crippen molar-refractivity contribution in [3.8, 4) is 0 Å². The molecule has 4 heteroatoms. The highest BCUT2D eigenvalue weighted by Gasteiger charge is 2.22. The molecule has 0 aliphatic carbocycles. The van der Waals surface area contributed by atoms with Crippen LogP contribution >= 0.6 is 15.9 Å². The highest BCUT2D eigenvalue weighted by atomic mass is 79.9. The molecule has 0 saturated heterocycles. The molecule has 2 aromatic rings. The topological polar surface area (TPSA) is 25.2 Å². The van der Waals surface area contributed by atoms with Gasteiger partial charge in [0, 0.05) is 5.56 Å². The Hall–Kier alpha value is -1.13. The van der Waals surface area contributed by atoms with Crippen LogP contribution in [0.3, 0.4) is 0 Å². The van der Waals surface area contributed by atoms with Gasteiger partial charge in [0.1, 0.15) is 11.6 Å². The zero-order chi connectivity index (χ0) is 13.8. The molecule has 102 valence electrons. The average Bonchev–Trinajstić information content (AvgIpc) is 2.78. The molecule has 1 atom stereocenters. The van der Waals surface area contributed by atoms with Crippen LogP contribution in [-0.4, -0.2) is 6.54 Å². The highest BCUT2D eigenvalue weighted by molar-refractivity contribution is 9.10. The van der Waals surface area contributed by atoms with E-state index in [0.717, 1.165) is 23.0 Å². The lowest BCUT2D eigenvalue weighted by atomic mass is 10.0. The van der Waals surface area contributed by atoms with Crippen LogP contribution in [0.4, 0.5) is 4.39 Å². The van der Waals surface area contributed by atoms with Gasteiger partial charge in [-0.15, -0.1) is 0 Å². The van der Waals surface area contributed by atoms with Crippen LogP contribution < -0.4 is 5.32 Å². The lowest BCUT2D eigenvalue weighted by Crippen LogP contribution is -2.24. The summed E-state index contributed by atoms with van der Waals surface area (Å²) in [4.78, 5) is 0. The maximum atomic E-state index is 14.2. The predicted octanol–water partition coefficient (Wildman–Crippen LogP) is 4.58. The molecular formula is C15H17BrFNO. The molecule has 1 N–H and O–H groups in total. The van der Waals surface area contributed by atoms with Gasteiger partial charge in [0.2, 0.25) is 0 Å². The molecule has 0 aliphatic heterocycles. The Morgan fingerprint density at radius 1 is 1.37 bits per heavy atom. The molecule has 19 heavy (non-hydrogen) atoms. The van der Waals surface area contributed by atoms with Crippen LogP contribution in [0.2, 0.25) is 0 Å². The second kappa shape index (κ2) is 6.35. The fraction of sp³-hybridized carbons (Fsp3) is 0.333. The van der Waals surface area contributed by atoms with Crippen molar-refractivity contribution in [1.29, 1.82) is 0 Å². The minimum absolute atomic E-state index is 0.211. The van der Waals surface area contributed by atoms with Gasteiger partial charge in [0.15, 0.2) is 0 Å². The average molecular weight is 326 g/mol. The van der Waals surface area contributed by atoms with Gasteiger partial charge in [0.05, 0.1) is 16.8 Å². The van der Waals surface area contributed by atoms with E-state index in [-0.39, 0.29) is 11.9 Å². The third-order valence-electron chi connectivity index (χ3n) is 2.97. The number of aryl methyl sites for hydroxylation is 1. The summed E-state index contributed by atoms with van der Waals surface area (Å²) < 4.78 is 20.5. The Kier molecular flexibility index (Phi) is 4.77. The van der Waals surface area contributed by atoms with Crippen molar-refractivity contribution in [2.45, 2.75) is 26.3 Å². The number of halogens is 2. The van der Waals surface area contributed by atoms with Crippen molar-refractivity contribution in [3.63, 3.8) is 0 Å². The fourth-order valence-corrected chi connectivity index (χ4v) is 2.44. The third kappa shape index (κ3) is 3.25. The second-order valence-electron chi connectivity index (χ2n) is 4.54. The Morgan fingerprint density at radius 2 is 2.16 bits per heavy atom. The maximum absolute atomic E-state index is 14.2. The van der Waals surface area contributed by atoms with Gasteiger partial charge in [-0.05, 0) is 53.5 Å². The molecule has 0 amide bonds.